The van der Waals surface area contributed by atoms with Gasteiger partial charge >= 0.3 is 0 Å². The molecular formula is C18H17NO4. The zero-order valence-electron chi connectivity index (χ0n) is 13.2. The van der Waals surface area contributed by atoms with Gasteiger partial charge in [-0.2, -0.15) is 0 Å². The molecule has 0 unspecified atom stereocenters. The quantitative estimate of drug-likeness (QED) is 0.730. The summed E-state index contributed by atoms with van der Waals surface area (Å²) in [5.74, 6) is 1.87. The molecule has 0 aliphatic carbocycles. The fourth-order valence-corrected chi connectivity index (χ4v) is 2.69. The minimum atomic E-state index is 0.524. The molecule has 5 nitrogen and oxygen atoms in total. The first kappa shape index (κ1) is 15.0. The van der Waals surface area contributed by atoms with E-state index in [0.717, 1.165) is 28.6 Å². The van der Waals surface area contributed by atoms with Gasteiger partial charge in [-0.05, 0) is 36.4 Å². The van der Waals surface area contributed by atoms with Crippen LogP contribution in [0.2, 0.25) is 0 Å². The highest BCUT2D eigenvalue weighted by Gasteiger charge is 2.18. The van der Waals surface area contributed by atoms with Crippen molar-refractivity contribution >= 4 is 17.2 Å². The monoisotopic (exact) mass is 311 g/mol. The lowest BCUT2D eigenvalue weighted by molar-refractivity contribution is 0.112. The smallest absolute Gasteiger partial charge is 0.170 e. The van der Waals surface area contributed by atoms with Gasteiger partial charge in [0, 0.05) is 16.5 Å². The molecule has 23 heavy (non-hydrogen) atoms. The number of fused-ring (bicyclic) bond motifs is 1. The molecule has 0 aliphatic rings. The molecule has 0 atom stereocenters. The molecule has 118 valence electrons. The second kappa shape index (κ2) is 6.04. The molecule has 0 bridgehead atoms. The van der Waals surface area contributed by atoms with E-state index < -0.39 is 0 Å². The van der Waals surface area contributed by atoms with E-state index in [1.807, 2.05) is 24.3 Å². The fourth-order valence-electron chi connectivity index (χ4n) is 2.69. The fraction of sp³-hybridized carbons (Fsp3) is 0.167. The van der Waals surface area contributed by atoms with Crippen LogP contribution in [0.25, 0.3) is 22.2 Å². The minimum Gasteiger partial charge on any atom is -0.497 e. The Bertz CT molecular complexity index is 867. The zero-order valence-corrected chi connectivity index (χ0v) is 13.2. The third-order valence-electron chi connectivity index (χ3n) is 3.80. The van der Waals surface area contributed by atoms with Crippen LogP contribution in [0.4, 0.5) is 0 Å². The standard InChI is InChI=1S/C18H17NO4/c1-21-13-5-6-14-12(8-13)9-15(19-14)17-11(10-20)4-7-16(22-2)18(17)23-3/h4-10,19H,1-3H3. The molecular weight excluding hydrogens is 294 g/mol. The predicted octanol–water partition coefficient (Wildman–Crippen LogP) is 3.67. The molecule has 1 heterocycles. The topological polar surface area (TPSA) is 60.6 Å². The second-order valence-corrected chi connectivity index (χ2v) is 5.02. The van der Waals surface area contributed by atoms with E-state index in [1.165, 1.54) is 0 Å². The molecule has 0 saturated heterocycles. The number of hydrogen-bond acceptors (Lipinski definition) is 4. The van der Waals surface area contributed by atoms with Crippen molar-refractivity contribution in [1.82, 2.24) is 4.98 Å². The van der Waals surface area contributed by atoms with Crippen LogP contribution < -0.4 is 14.2 Å². The van der Waals surface area contributed by atoms with Gasteiger partial charge in [0.05, 0.1) is 32.6 Å². The highest BCUT2D eigenvalue weighted by atomic mass is 16.5. The van der Waals surface area contributed by atoms with Crippen LogP contribution in [0.5, 0.6) is 17.2 Å². The van der Waals surface area contributed by atoms with Crippen molar-refractivity contribution in [3.8, 4) is 28.5 Å². The van der Waals surface area contributed by atoms with Crippen molar-refractivity contribution < 1.29 is 19.0 Å². The van der Waals surface area contributed by atoms with Crippen LogP contribution >= 0.6 is 0 Å². The van der Waals surface area contributed by atoms with Gasteiger partial charge in [-0.1, -0.05) is 0 Å². The molecule has 2 aromatic carbocycles. The summed E-state index contributed by atoms with van der Waals surface area (Å²) in [6.07, 6.45) is 0.809. The van der Waals surface area contributed by atoms with E-state index in [9.17, 15) is 4.79 Å². The largest absolute Gasteiger partial charge is 0.497 e. The average molecular weight is 311 g/mol. The molecule has 0 saturated carbocycles. The van der Waals surface area contributed by atoms with Gasteiger partial charge in [-0.3, -0.25) is 4.79 Å². The van der Waals surface area contributed by atoms with E-state index in [-0.39, 0.29) is 0 Å². The van der Waals surface area contributed by atoms with Gasteiger partial charge in [-0.15, -0.1) is 0 Å². The molecule has 1 N–H and O–H groups in total. The van der Waals surface area contributed by atoms with E-state index in [1.54, 1.807) is 33.5 Å². The van der Waals surface area contributed by atoms with Crippen molar-refractivity contribution in [2.45, 2.75) is 0 Å². The Labute approximate surface area is 133 Å². The number of nitrogens with one attached hydrogen (secondary N) is 1. The molecule has 0 amide bonds. The summed E-state index contributed by atoms with van der Waals surface area (Å²) in [5, 5.41) is 0.987. The minimum absolute atomic E-state index is 0.524. The number of aldehydes is 1. The van der Waals surface area contributed by atoms with Gasteiger partial charge < -0.3 is 19.2 Å². The first-order chi connectivity index (χ1) is 11.2. The number of benzene rings is 2. The normalized spacial score (nSPS) is 10.6. The van der Waals surface area contributed by atoms with Crippen molar-refractivity contribution in [3.05, 3.63) is 42.0 Å². The average Bonchev–Trinajstić information content (AvgIpc) is 3.02. The molecule has 0 spiro atoms. The van der Waals surface area contributed by atoms with Crippen LogP contribution in [0.15, 0.2) is 36.4 Å². The Morgan fingerprint density at radius 1 is 0.957 bits per heavy atom. The molecule has 0 radical (unpaired) electrons. The maximum Gasteiger partial charge on any atom is 0.170 e. The number of methoxy groups -OCH3 is 3. The summed E-state index contributed by atoms with van der Waals surface area (Å²) in [6.45, 7) is 0. The van der Waals surface area contributed by atoms with Crippen LogP contribution in [-0.2, 0) is 0 Å². The van der Waals surface area contributed by atoms with Crippen LogP contribution in [0.3, 0.4) is 0 Å². The summed E-state index contributed by atoms with van der Waals surface area (Å²) < 4.78 is 16.1. The van der Waals surface area contributed by atoms with Gasteiger partial charge in [0.15, 0.2) is 17.8 Å². The van der Waals surface area contributed by atoms with Crippen LogP contribution in [0, 0.1) is 0 Å². The number of H-pyrrole nitrogens is 1. The third-order valence-corrected chi connectivity index (χ3v) is 3.80. The lowest BCUT2D eigenvalue weighted by Gasteiger charge is -2.13. The molecule has 1 aromatic heterocycles. The highest BCUT2D eigenvalue weighted by Crippen LogP contribution is 2.40. The molecule has 3 aromatic rings. The SMILES string of the molecule is COc1ccc2[nH]c(-c3c(C=O)ccc(OC)c3OC)cc2c1. The number of rotatable bonds is 5. The van der Waals surface area contributed by atoms with Crippen molar-refractivity contribution in [1.29, 1.82) is 0 Å². The zero-order chi connectivity index (χ0) is 16.4. The number of carbonyl (C=O) groups excluding carboxylic acids is 1. The number of carbonyl (C=O) groups is 1. The Kier molecular flexibility index (Phi) is 3.93. The lowest BCUT2D eigenvalue weighted by atomic mass is 10.0. The molecule has 3 rings (SSSR count). The van der Waals surface area contributed by atoms with Crippen molar-refractivity contribution in [2.75, 3.05) is 21.3 Å². The molecule has 0 fully saturated rings. The van der Waals surface area contributed by atoms with Gasteiger partial charge in [0.25, 0.3) is 0 Å². The number of aromatic amines is 1. The number of aromatic nitrogens is 1. The van der Waals surface area contributed by atoms with Gasteiger partial charge in [0.1, 0.15) is 5.75 Å². The van der Waals surface area contributed by atoms with E-state index >= 15 is 0 Å². The Morgan fingerprint density at radius 3 is 2.43 bits per heavy atom. The lowest BCUT2D eigenvalue weighted by Crippen LogP contribution is -1.97. The third kappa shape index (κ3) is 2.50. The van der Waals surface area contributed by atoms with Gasteiger partial charge in [0.2, 0.25) is 0 Å². The number of ether oxygens (including phenoxy) is 3. The van der Waals surface area contributed by atoms with Gasteiger partial charge in [-0.25, -0.2) is 0 Å². The highest BCUT2D eigenvalue weighted by molar-refractivity contribution is 5.95. The Balaban J connectivity index is 2.26. The van der Waals surface area contributed by atoms with Crippen molar-refractivity contribution in [3.63, 3.8) is 0 Å². The second-order valence-electron chi connectivity index (χ2n) is 5.02. The first-order valence-electron chi connectivity index (χ1n) is 7.09. The molecule has 5 heteroatoms. The summed E-state index contributed by atoms with van der Waals surface area (Å²) in [4.78, 5) is 14.8. The Morgan fingerprint density at radius 2 is 1.78 bits per heavy atom. The summed E-state index contributed by atoms with van der Waals surface area (Å²) in [6, 6.07) is 11.1. The summed E-state index contributed by atoms with van der Waals surface area (Å²) >= 11 is 0. The summed E-state index contributed by atoms with van der Waals surface area (Å²) in [7, 11) is 4.75. The molecule has 0 aliphatic heterocycles. The Hall–Kier alpha value is -2.95. The maximum atomic E-state index is 11.5. The van der Waals surface area contributed by atoms with E-state index in [2.05, 4.69) is 4.98 Å². The van der Waals surface area contributed by atoms with Crippen LogP contribution in [-0.4, -0.2) is 32.6 Å². The van der Waals surface area contributed by atoms with E-state index in [0.29, 0.717) is 22.6 Å². The summed E-state index contributed by atoms with van der Waals surface area (Å²) in [5.41, 5.74) is 2.94. The predicted molar refractivity (Wildman–Crippen MR) is 88.8 cm³/mol. The first-order valence-corrected chi connectivity index (χ1v) is 7.09. The van der Waals surface area contributed by atoms with E-state index in [4.69, 9.17) is 14.2 Å². The maximum absolute atomic E-state index is 11.5. The number of hydrogen-bond donors (Lipinski definition) is 1. The van der Waals surface area contributed by atoms with Crippen molar-refractivity contribution in [2.24, 2.45) is 0 Å². The van der Waals surface area contributed by atoms with Crippen LogP contribution in [0.1, 0.15) is 10.4 Å².